The lowest BCUT2D eigenvalue weighted by atomic mass is 10.0. The van der Waals surface area contributed by atoms with Gasteiger partial charge in [0.1, 0.15) is 5.82 Å². The van der Waals surface area contributed by atoms with Crippen molar-refractivity contribution in [1.82, 2.24) is 0 Å². The van der Waals surface area contributed by atoms with Gasteiger partial charge in [-0.2, -0.15) is 0 Å². The van der Waals surface area contributed by atoms with Gasteiger partial charge in [0.25, 0.3) is 0 Å². The molecule has 0 bridgehead atoms. The number of halogens is 3. The molecule has 0 atom stereocenters. The molecule has 0 heterocycles. The second kappa shape index (κ2) is 5.76. The van der Waals surface area contributed by atoms with Crippen molar-refractivity contribution in [2.75, 3.05) is 0 Å². The fourth-order valence-corrected chi connectivity index (χ4v) is 2.26. The SMILES string of the molecule is O=C(Cc1cccc(F)c1Br)c1ccc(Br)cc1. The normalized spacial score (nSPS) is 10.4. The smallest absolute Gasteiger partial charge is 0.167 e. The van der Waals surface area contributed by atoms with Gasteiger partial charge in [0.2, 0.25) is 0 Å². The molecule has 0 saturated carbocycles. The van der Waals surface area contributed by atoms with Gasteiger partial charge in [0, 0.05) is 16.5 Å². The van der Waals surface area contributed by atoms with Crippen molar-refractivity contribution >= 4 is 37.6 Å². The first-order chi connectivity index (χ1) is 8.58. The van der Waals surface area contributed by atoms with E-state index in [4.69, 9.17) is 0 Å². The van der Waals surface area contributed by atoms with E-state index in [1.165, 1.54) is 6.07 Å². The zero-order chi connectivity index (χ0) is 13.1. The van der Waals surface area contributed by atoms with Crippen molar-refractivity contribution in [2.45, 2.75) is 6.42 Å². The quantitative estimate of drug-likeness (QED) is 0.710. The van der Waals surface area contributed by atoms with Gasteiger partial charge < -0.3 is 0 Å². The van der Waals surface area contributed by atoms with E-state index in [0.717, 1.165) is 4.47 Å². The number of Topliss-reactive ketones (excluding diaryl/α,β-unsaturated/α-hetero) is 1. The highest BCUT2D eigenvalue weighted by Gasteiger charge is 2.11. The minimum Gasteiger partial charge on any atom is -0.294 e. The van der Waals surface area contributed by atoms with Gasteiger partial charge in [-0.1, -0.05) is 40.2 Å². The van der Waals surface area contributed by atoms with Crippen LogP contribution in [0.1, 0.15) is 15.9 Å². The molecule has 0 amide bonds. The second-order valence-corrected chi connectivity index (χ2v) is 5.53. The Bertz CT molecular complexity index is 579. The van der Waals surface area contributed by atoms with E-state index in [2.05, 4.69) is 31.9 Å². The molecule has 92 valence electrons. The molecule has 0 unspecified atom stereocenters. The lowest BCUT2D eigenvalue weighted by molar-refractivity contribution is 0.0992. The minimum absolute atomic E-state index is 0.0335. The third-order valence-corrected chi connectivity index (χ3v) is 3.97. The van der Waals surface area contributed by atoms with Crippen molar-refractivity contribution in [3.63, 3.8) is 0 Å². The summed E-state index contributed by atoms with van der Waals surface area (Å²) in [6.07, 6.45) is 0.181. The van der Waals surface area contributed by atoms with Crippen LogP contribution in [0.5, 0.6) is 0 Å². The molecule has 2 aromatic carbocycles. The van der Waals surface area contributed by atoms with Crippen molar-refractivity contribution in [3.05, 3.63) is 68.4 Å². The largest absolute Gasteiger partial charge is 0.294 e. The van der Waals surface area contributed by atoms with Crippen LogP contribution in [0, 0.1) is 5.82 Å². The average molecular weight is 372 g/mol. The Morgan fingerprint density at radius 2 is 1.72 bits per heavy atom. The van der Waals surface area contributed by atoms with E-state index in [0.29, 0.717) is 15.6 Å². The van der Waals surface area contributed by atoms with Gasteiger partial charge in [-0.05, 0) is 39.7 Å². The molecule has 2 rings (SSSR count). The topological polar surface area (TPSA) is 17.1 Å². The predicted octanol–water partition coefficient (Wildman–Crippen LogP) is 4.78. The van der Waals surface area contributed by atoms with Gasteiger partial charge in [0.15, 0.2) is 5.78 Å². The van der Waals surface area contributed by atoms with Gasteiger partial charge in [-0.15, -0.1) is 0 Å². The maximum atomic E-state index is 13.3. The van der Waals surface area contributed by atoms with Crippen LogP contribution in [-0.4, -0.2) is 5.78 Å². The highest BCUT2D eigenvalue weighted by Crippen LogP contribution is 2.22. The van der Waals surface area contributed by atoms with E-state index in [1.807, 2.05) is 12.1 Å². The van der Waals surface area contributed by atoms with Crippen molar-refractivity contribution in [2.24, 2.45) is 0 Å². The molecule has 0 aromatic heterocycles. The Hall–Kier alpha value is -1.00. The minimum atomic E-state index is -0.351. The first kappa shape index (κ1) is 13.4. The van der Waals surface area contributed by atoms with Crippen LogP contribution in [-0.2, 0) is 6.42 Å². The molecule has 0 spiro atoms. The number of carbonyl (C=O) groups is 1. The Morgan fingerprint density at radius 1 is 1.06 bits per heavy atom. The number of benzene rings is 2. The predicted molar refractivity (Wildman–Crippen MR) is 76.3 cm³/mol. The molecule has 0 fully saturated rings. The van der Waals surface area contributed by atoms with E-state index in [1.54, 1.807) is 24.3 Å². The molecular weight excluding hydrogens is 363 g/mol. The Morgan fingerprint density at radius 3 is 2.39 bits per heavy atom. The maximum absolute atomic E-state index is 13.3. The number of ketones is 1. The molecule has 2 aromatic rings. The van der Waals surface area contributed by atoms with E-state index in [9.17, 15) is 9.18 Å². The van der Waals surface area contributed by atoms with Gasteiger partial charge in [-0.3, -0.25) is 4.79 Å². The fourth-order valence-electron chi connectivity index (χ4n) is 1.60. The lowest BCUT2D eigenvalue weighted by Gasteiger charge is -2.05. The van der Waals surface area contributed by atoms with E-state index < -0.39 is 0 Å². The summed E-state index contributed by atoms with van der Waals surface area (Å²) >= 11 is 6.47. The summed E-state index contributed by atoms with van der Waals surface area (Å²) in [5.41, 5.74) is 1.28. The Kier molecular flexibility index (Phi) is 4.30. The number of carbonyl (C=O) groups excluding carboxylic acids is 1. The molecule has 0 radical (unpaired) electrons. The summed E-state index contributed by atoms with van der Waals surface area (Å²) < 4.78 is 14.6. The lowest BCUT2D eigenvalue weighted by Crippen LogP contribution is -2.04. The Balaban J connectivity index is 2.21. The summed E-state index contributed by atoms with van der Waals surface area (Å²) in [5.74, 6) is -0.384. The molecule has 4 heteroatoms. The van der Waals surface area contributed by atoms with Crippen LogP contribution < -0.4 is 0 Å². The molecule has 0 N–H and O–H groups in total. The molecule has 0 aliphatic rings. The highest BCUT2D eigenvalue weighted by atomic mass is 79.9. The van der Waals surface area contributed by atoms with Gasteiger partial charge in [0.05, 0.1) is 4.47 Å². The zero-order valence-electron chi connectivity index (χ0n) is 9.29. The molecule has 1 nitrogen and oxygen atoms in total. The van der Waals surface area contributed by atoms with Crippen LogP contribution in [0.25, 0.3) is 0 Å². The van der Waals surface area contributed by atoms with Crippen molar-refractivity contribution < 1.29 is 9.18 Å². The summed E-state index contributed by atoms with van der Waals surface area (Å²) in [7, 11) is 0. The third kappa shape index (κ3) is 3.06. The zero-order valence-corrected chi connectivity index (χ0v) is 12.5. The van der Waals surface area contributed by atoms with Crippen molar-refractivity contribution in [1.29, 1.82) is 0 Å². The highest BCUT2D eigenvalue weighted by molar-refractivity contribution is 9.10. The van der Waals surface area contributed by atoms with Crippen LogP contribution in [0.2, 0.25) is 0 Å². The second-order valence-electron chi connectivity index (χ2n) is 3.82. The third-order valence-electron chi connectivity index (χ3n) is 2.55. The Labute approximate surface area is 121 Å². The standard InChI is InChI=1S/C14H9Br2FO/c15-11-6-4-9(5-7-11)13(18)8-10-2-1-3-12(17)14(10)16/h1-7H,8H2. The average Bonchev–Trinajstić information content (AvgIpc) is 2.36. The number of hydrogen-bond acceptors (Lipinski definition) is 1. The monoisotopic (exact) mass is 370 g/mol. The molecule has 18 heavy (non-hydrogen) atoms. The van der Waals surface area contributed by atoms with Crippen LogP contribution in [0.15, 0.2) is 51.4 Å². The molecule has 0 saturated heterocycles. The summed E-state index contributed by atoms with van der Waals surface area (Å²) in [6.45, 7) is 0. The first-order valence-corrected chi connectivity index (χ1v) is 6.88. The van der Waals surface area contributed by atoms with Crippen LogP contribution in [0.4, 0.5) is 4.39 Å². The van der Waals surface area contributed by atoms with E-state index >= 15 is 0 Å². The van der Waals surface area contributed by atoms with Crippen LogP contribution >= 0.6 is 31.9 Å². The first-order valence-electron chi connectivity index (χ1n) is 5.29. The summed E-state index contributed by atoms with van der Waals surface area (Å²) in [5, 5.41) is 0. The van der Waals surface area contributed by atoms with Gasteiger partial charge in [-0.25, -0.2) is 4.39 Å². The summed E-state index contributed by atoms with van der Waals surface area (Å²) in [4.78, 5) is 12.0. The number of rotatable bonds is 3. The number of hydrogen-bond donors (Lipinski definition) is 0. The molecule has 0 aliphatic carbocycles. The van der Waals surface area contributed by atoms with Crippen LogP contribution in [0.3, 0.4) is 0 Å². The summed E-state index contributed by atoms with van der Waals surface area (Å²) in [6, 6.07) is 11.8. The fraction of sp³-hybridized carbons (Fsp3) is 0.0714. The van der Waals surface area contributed by atoms with Gasteiger partial charge >= 0.3 is 0 Å². The molecule has 0 aliphatic heterocycles. The maximum Gasteiger partial charge on any atom is 0.167 e. The van der Waals surface area contributed by atoms with Crippen molar-refractivity contribution in [3.8, 4) is 0 Å². The van der Waals surface area contributed by atoms with E-state index in [-0.39, 0.29) is 18.0 Å². The molecular formula is C14H9Br2FO.